The lowest BCUT2D eigenvalue weighted by Gasteiger charge is -2.19. The molecule has 118 valence electrons. The maximum atomic E-state index is 3.42. The normalized spacial score (nSPS) is 12.4. The molecule has 2 nitrogen and oxygen atoms in total. The van der Waals surface area contributed by atoms with Crippen molar-refractivity contribution in [2.75, 3.05) is 0 Å². The van der Waals surface area contributed by atoms with E-state index in [0.29, 0.717) is 6.04 Å². The first-order valence-corrected chi connectivity index (χ1v) is 8.29. The van der Waals surface area contributed by atoms with Crippen molar-refractivity contribution in [3.8, 4) is 0 Å². The van der Waals surface area contributed by atoms with E-state index in [4.69, 9.17) is 0 Å². The highest BCUT2D eigenvalue weighted by Crippen LogP contribution is 2.20. The minimum Gasteiger partial charge on any atom is -0.253 e. The summed E-state index contributed by atoms with van der Waals surface area (Å²) in [6.45, 7) is 9.59. The predicted molar refractivity (Wildman–Crippen MR) is 94.8 cm³/mol. The fourth-order valence-corrected chi connectivity index (χ4v) is 2.70. The molecule has 0 amide bonds. The van der Waals surface area contributed by atoms with Crippen LogP contribution in [-0.2, 0) is 19.4 Å². The van der Waals surface area contributed by atoms with Crippen molar-refractivity contribution in [1.82, 2.24) is 10.9 Å². The van der Waals surface area contributed by atoms with Gasteiger partial charge in [0.15, 0.2) is 0 Å². The lowest BCUT2D eigenvalue weighted by atomic mass is 9.96. The summed E-state index contributed by atoms with van der Waals surface area (Å²) in [4.78, 5) is 0. The number of aryl methyl sites for hydroxylation is 3. The van der Waals surface area contributed by atoms with Crippen LogP contribution in [0.15, 0.2) is 42.5 Å². The first-order chi connectivity index (χ1) is 10.6. The monoisotopic (exact) mass is 296 g/mol. The van der Waals surface area contributed by atoms with Crippen molar-refractivity contribution < 1.29 is 0 Å². The van der Waals surface area contributed by atoms with Crippen molar-refractivity contribution in [2.45, 2.75) is 53.1 Å². The minimum atomic E-state index is 0.298. The van der Waals surface area contributed by atoms with Crippen molar-refractivity contribution in [2.24, 2.45) is 0 Å². The van der Waals surface area contributed by atoms with Crippen LogP contribution in [-0.4, -0.2) is 0 Å². The van der Waals surface area contributed by atoms with Gasteiger partial charge in [-0.3, -0.25) is 10.9 Å². The molecular formula is C20H28N2. The summed E-state index contributed by atoms with van der Waals surface area (Å²) in [5.41, 5.74) is 13.6. The number of nitrogens with one attached hydrogen (secondary N) is 2. The molecule has 0 radical (unpaired) electrons. The molecular weight excluding hydrogens is 268 g/mol. The highest BCUT2D eigenvalue weighted by atomic mass is 15.4. The predicted octanol–water partition coefficient (Wildman–Crippen LogP) is 4.48. The van der Waals surface area contributed by atoms with E-state index in [1.807, 2.05) is 0 Å². The smallest absolute Gasteiger partial charge is 0.0437 e. The molecule has 0 saturated heterocycles. The van der Waals surface area contributed by atoms with Crippen LogP contribution in [0.1, 0.15) is 54.6 Å². The quantitative estimate of drug-likeness (QED) is 0.736. The number of hydrogen-bond acceptors (Lipinski definition) is 2. The molecule has 0 aliphatic rings. The average Bonchev–Trinajstić information content (AvgIpc) is 2.55. The molecule has 2 aromatic carbocycles. The highest BCUT2D eigenvalue weighted by molar-refractivity contribution is 5.34. The lowest BCUT2D eigenvalue weighted by molar-refractivity contribution is 0.458. The summed E-state index contributed by atoms with van der Waals surface area (Å²) in [6.07, 6.45) is 2.17. The van der Waals surface area contributed by atoms with Crippen LogP contribution < -0.4 is 10.9 Å². The van der Waals surface area contributed by atoms with Crippen molar-refractivity contribution >= 4 is 0 Å². The van der Waals surface area contributed by atoms with E-state index in [1.165, 1.54) is 27.8 Å². The van der Waals surface area contributed by atoms with Gasteiger partial charge in [0.1, 0.15) is 0 Å². The number of benzene rings is 2. The Bertz CT molecular complexity index is 587. The van der Waals surface area contributed by atoms with Gasteiger partial charge in [-0.1, -0.05) is 61.9 Å². The molecule has 0 aliphatic heterocycles. The fraction of sp³-hybridized carbons (Fsp3) is 0.400. The fourth-order valence-electron chi connectivity index (χ4n) is 2.70. The molecule has 0 saturated carbocycles. The Morgan fingerprint density at radius 1 is 0.909 bits per heavy atom. The van der Waals surface area contributed by atoms with Gasteiger partial charge in [0.2, 0.25) is 0 Å². The Morgan fingerprint density at radius 2 is 1.59 bits per heavy atom. The standard InChI is InChI=1S/C20H28N2/c1-5-17-11-12-20(19(6-2)13-17)16(4)22-21-14-18-9-7-15(3)8-10-18/h7-13,16,21-22H,5-6,14H2,1-4H3. The SMILES string of the molecule is CCc1ccc(C(C)NNCc2ccc(C)cc2)c(CC)c1. The lowest BCUT2D eigenvalue weighted by Crippen LogP contribution is -2.34. The van der Waals surface area contributed by atoms with Gasteiger partial charge in [-0.2, -0.15) is 0 Å². The van der Waals surface area contributed by atoms with Gasteiger partial charge in [-0.25, -0.2) is 0 Å². The van der Waals surface area contributed by atoms with Crippen LogP contribution in [0.5, 0.6) is 0 Å². The molecule has 2 aromatic rings. The zero-order chi connectivity index (χ0) is 15.9. The number of hydrazine groups is 1. The Morgan fingerprint density at radius 3 is 2.23 bits per heavy atom. The summed E-state index contributed by atoms with van der Waals surface area (Å²) in [5.74, 6) is 0. The van der Waals surface area contributed by atoms with Crippen LogP contribution in [0.2, 0.25) is 0 Å². The maximum Gasteiger partial charge on any atom is 0.0437 e. The summed E-state index contributed by atoms with van der Waals surface area (Å²) in [5, 5.41) is 0. The molecule has 2 N–H and O–H groups in total. The molecule has 2 rings (SSSR count). The van der Waals surface area contributed by atoms with E-state index in [1.54, 1.807) is 0 Å². The first kappa shape index (κ1) is 16.7. The van der Waals surface area contributed by atoms with E-state index >= 15 is 0 Å². The molecule has 1 atom stereocenters. The van der Waals surface area contributed by atoms with Crippen LogP contribution in [0.3, 0.4) is 0 Å². The van der Waals surface area contributed by atoms with E-state index in [0.717, 1.165) is 19.4 Å². The van der Waals surface area contributed by atoms with Gasteiger partial charge in [0.05, 0.1) is 0 Å². The minimum absolute atomic E-state index is 0.298. The van der Waals surface area contributed by atoms with Crippen molar-refractivity contribution in [3.63, 3.8) is 0 Å². The second-order valence-electron chi connectivity index (χ2n) is 5.95. The maximum absolute atomic E-state index is 3.42. The molecule has 22 heavy (non-hydrogen) atoms. The molecule has 2 heteroatoms. The second kappa shape index (κ2) is 8.11. The zero-order valence-electron chi connectivity index (χ0n) is 14.2. The number of hydrogen-bond donors (Lipinski definition) is 2. The molecule has 0 fully saturated rings. The van der Waals surface area contributed by atoms with Crippen LogP contribution in [0.25, 0.3) is 0 Å². The van der Waals surface area contributed by atoms with Crippen LogP contribution >= 0.6 is 0 Å². The van der Waals surface area contributed by atoms with Gasteiger partial charge in [0, 0.05) is 12.6 Å². The molecule has 1 unspecified atom stereocenters. The summed E-state index contributed by atoms with van der Waals surface area (Å²) in [6, 6.07) is 15.8. The third-order valence-electron chi connectivity index (χ3n) is 4.19. The molecule has 0 aromatic heterocycles. The van der Waals surface area contributed by atoms with E-state index < -0.39 is 0 Å². The highest BCUT2D eigenvalue weighted by Gasteiger charge is 2.09. The van der Waals surface area contributed by atoms with Crippen molar-refractivity contribution in [3.05, 3.63) is 70.3 Å². The third kappa shape index (κ3) is 4.43. The molecule has 0 aliphatic carbocycles. The van der Waals surface area contributed by atoms with Crippen molar-refractivity contribution in [1.29, 1.82) is 0 Å². The van der Waals surface area contributed by atoms with Crippen LogP contribution in [0.4, 0.5) is 0 Å². The van der Waals surface area contributed by atoms with E-state index in [-0.39, 0.29) is 0 Å². The zero-order valence-corrected chi connectivity index (χ0v) is 14.2. The Balaban J connectivity index is 1.94. The van der Waals surface area contributed by atoms with Gasteiger partial charge in [0.25, 0.3) is 0 Å². The molecule has 0 spiro atoms. The number of rotatable bonds is 7. The van der Waals surface area contributed by atoms with E-state index in [2.05, 4.69) is 81.0 Å². The van der Waals surface area contributed by atoms with Gasteiger partial charge >= 0.3 is 0 Å². The van der Waals surface area contributed by atoms with Gasteiger partial charge in [-0.05, 0) is 48.9 Å². The van der Waals surface area contributed by atoms with Gasteiger partial charge in [-0.15, -0.1) is 0 Å². The summed E-state index contributed by atoms with van der Waals surface area (Å²) >= 11 is 0. The van der Waals surface area contributed by atoms with E-state index in [9.17, 15) is 0 Å². The summed E-state index contributed by atoms with van der Waals surface area (Å²) < 4.78 is 0. The Hall–Kier alpha value is -1.64. The van der Waals surface area contributed by atoms with Crippen LogP contribution in [0, 0.1) is 6.92 Å². The summed E-state index contributed by atoms with van der Waals surface area (Å²) in [7, 11) is 0. The average molecular weight is 296 g/mol. The first-order valence-electron chi connectivity index (χ1n) is 8.29. The molecule has 0 heterocycles. The Kier molecular flexibility index (Phi) is 6.17. The Labute approximate surface area is 134 Å². The second-order valence-corrected chi connectivity index (χ2v) is 5.95. The van der Waals surface area contributed by atoms with Gasteiger partial charge < -0.3 is 0 Å². The topological polar surface area (TPSA) is 24.1 Å². The molecule has 0 bridgehead atoms. The third-order valence-corrected chi connectivity index (χ3v) is 4.19. The largest absolute Gasteiger partial charge is 0.253 e.